The van der Waals surface area contributed by atoms with Crippen LogP contribution in [0.4, 0.5) is 17.1 Å². The molecule has 0 aliphatic carbocycles. The maximum Gasteiger partial charge on any atom is 0.279 e. The van der Waals surface area contributed by atoms with Crippen LogP contribution in [0.3, 0.4) is 0 Å². The standard InChI is InChI=1S/C18H18Cl2N4O3/c19-16-6-1-13(11-17(16)20)21-18(25)12-22-7-9-23(10-8-22)14-2-4-15(5-3-14)24(26)27/h1-6,11H,7-10,12H2,(H,21,25)/p+1. The van der Waals surface area contributed by atoms with Gasteiger partial charge in [0.15, 0.2) is 6.54 Å². The third-order valence-corrected chi connectivity index (χ3v) is 5.25. The lowest BCUT2D eigenvalue weighted by Crippen LogP contribution is -3.15. The average molecular weight is 410 g/mol. The van der Waals surface area contributed by atoms with Crippen molar-refractivity contribution in [3.63, 3.8) is 0 Å². The van der Waals surface area contributed by atoms with Crippen LogP contribution in [0.15, 0.2) is 42.5 Å². The molecule has 0 aromatic heterocycles. The highest BCUT2D eigenvalue weighted by molar-refractivity contribution is 6.42. The SMILES string of the molecule is O=C(C[NH+]1CCN(c2ccc([N+](=O)[O-])cc2)CC1)Nc1ccc(Cl)c(Cl)c1. The van der Waals surface area contributed by atoms with Gasteiger partial charge >= 0.3 is 0 Å². The topological polar surface area (TPSA) is 79.9 Å². The smallest absolute Gasteiger partial charge is 0.279 e. The van der Waals surface area contributed by atoms with Gasteiger partial charge in [0.25, 0.3) is 11.6 Å². The van der Waals surface area contributed by atoms with E-state index in [1.54, 1.807) is 30.3 Å². The summed E-state index contributed by atoms with van der Waals surface area (Å²) in [6.45, 7) is 3.56. The molecule has 1 fully saturated rings. The fourth-order valence-corrected chi connectivity index (χ4v) is 3.35. The van der Waals surface area contributed by atoms with E-state index in [9.17, 15) is 14.9 Å². The molecular formula is C18H19Cl2N4O3+. The number of rotatable bonds is 5. The Kier molecular flexibility index (Phi) is 6.15. The van der Waals surface area contributed by atoms with Gasteiger partial charge in [-0.3, -0.25) is 14.9 Å². The number of piperazine rings is 1. The van der Waals surface area contributed by atoms with Crippen molar-refractivity contribution >= 4 is 46.2 Å². The zero-order chi connectivity index (χ0) is 19.4. The van der Waals surface area contributed by atoms with Gasteiger partial charge < -0.3 is 15.1 Å². The van der Waals surface area contributed by atoms with Crippen molar-refractivity contribution in [2.45, 2.75) is 0 Å². The third-order valence-electron chi connectivity index (χ3n) is 4.51. The van der Waals surface area contributed by atoms with Gasteiger partial charge in [0.05, 0.1) is 41.1 Å². The second kappa shape index (κ2) is 8.56. The van der Waals surface area contributed by atoms with E-state index in [-0.39, 0.29) is 11.6 Å². The Balaban J connectivity index is 1.49. The van der Waals surface area contributed by atoms with Gasteiger partial charge in [-0.1, -0.05) is 23.2 Å². The summed E-state index contributed by atoms with van der Waals surface area (Å²) < 4.78 is 0. The first-order chi connectivity index (χ1) is 12.9. The van der Waals surface area contributed by atoms with Crippen molar-refractivity contribution < 1.29 is 14.6 Å². The number of nitrogens with zero attached hydrogens (tertiary/aromatic N) is 2. The fourth-order valence-electron chi connectivity index (χ4n) is 3.05. The third kappa shape index (κ3) is 5.09. The van der Waals surface area contributed by atoms with Crippen molar-refractivity contribution in [1.82, 2.24) is 0 Å². The lowest BCUT2D eigenvalue weighted by Gasteiger charge is -2.33. The largest absolute Gasteiger partial charge is 0.360 e. The number of carbonyl (C=O) groups is 1. The summed E-state index contributed by atoms with van der Waals surface area (Å²) in [6.07, 6.45) is 0. The minimum Gasteiger partial charge on any atom is -0.360 e. The number of nitrogens with one attached hydrogen (secondary N) is 2. The van der Waals surface area contributed by atoms with E-state index in [2.05, 4.69) is 10.2 Å². The molecule has 27 heavy (non-hydrogen) atoms. The van der Waals surface area contributed by atoms with Crippen LogP contribution in [0.2, 0.25) is 10.0 Å². The molecular weight excluding hydrogens is 391 g/mol. The van der Waals surface area contributed by atoms with Crippen molar-refractivity contribution in [2.75, 3.05) is 42.9 Å². The molecule has 1 aliphatic rings. The molecule has 0 saturated carbocycles. The van der Waals surface area contributed by atoms with Crippen LogP contribution in [-0.2, 0) is 4.79 Å². The van der Waals surface area contributed by atoms with E-state index in [4.69, 9.17) is 23.2 Å². The van der Waals surface area contributed by atoms with Crippen molar-refractivity contribution in [2.24, 2.45) is 0 Å². The molecule has 0 spiro atoms. The molecule has 1 heterocycles. The first kappa shape index (κ1) is 19.4. The predicted molar refractivity (Wildman–Crippen MR) is 106 cm³/mol. The lowest BCUT2D eigenvalue weighted by atomic mass is 10.2. The molecule has 3 rings (SSSR count). The number of non-ortho nitro benzene ring substituents is 1. The molecule has 9 heteroatoms. The highest BCUT2D eigenvalue weighted by Crippen LogP contribution is 2.24. The predicted octanol–water partition coefficient (Wildman–Crippen LogP) is 2.25. The van der Waals surface area contributed by atoms with E-state index in [0.29, 0.717) is 22.3 Å². The van der Waals surface area contributed by atoms with Gasteiger partial charge in [-0.15, -0.1) is 0 Å². The lowest BCUT2D eigenvalue weighted by molar-refractivity contribution is -0.892. The summed E-state index contributed by atoms with van der Waals surface area (Å²) in [4.78, 5) is 25.9. The summed E-state index contributed by atoms with van der Waals surface area (Å²) in [6, 6.07) is 11.5. The highest BCUT2D eigenvalue weighted by Gasteiger charge is 2.22. The molecule has 0 radical (unpaired) electrons. The zero-order valence-corrected chi connectivity index (χ0v) is 16.0. The Morgan fingerprint density at radius 2 is 1.78 bits per heavy atom. The van der Waals surface area contributed by atoms with Crippen LogP contribution in [0, 0.1) is 10.1 Å². The van der Waals surface area contributed by atoms with Crippen molar-refractivity contribution in [3.8, 4) is 0 Å². The number of quaternary nitrogens is 1. The van der Waals surface area contributed by atoms with Crippen LogP contribution in [-0.4, -0.2) is 43.6 Å². The van der Waals surface area contributed by atoms with Gasteiger partial charge in [-0.25, -0.2) is 0 Å². The van der Waals surface area contributed by atoms with Crippen molar-refractivity contribution in [1.29, 1.82) is 0 Å². The van der Waals surface area contributed by atoms with Crippen LogP contribution in [0.1, 0.15) is 0 Å². The van der Waals surface area contributed by atoms with Crippen LogP contribution in [0.5, 0.6) is 0 Å². The van der Waals surface area contributed by atoms with Crippen LogP contribution in [0.25, 0.3) is 0 Å². The van der Waals surface area contributed by atoms with Gasteiger partial charge in [0, 0.05) is 23.5 Å². The molecule has 1 aliphatic heterocycles. The molecule has 2 N–H and O–H groups in total. The first-order valence-corrected chi connectivity index (χ1v) is 9.26. The maximum absolute atomic E-state index is 12.2. The normalized spacial score (nSPS) is 14.8. The summed E-state index contributed by atoms with van der Waals surface area (Å²) in [7, 11) is 0. The van der Waals surface area contributed by atoms with Crippen LogP contribution >= 0.6 is 23.2 Å². The number of nitro groups is 1. The highest BCUT2D eigenvalue weighted by atomic mass is 35.5. The number of hydrogen-bond donors (Lipinski definition) is 2. The molecule has 0 unspecified atom stereocenters. The van der Waals surface area contributed by atoms with E-state index >= 15 is 0 Å². The van der Waals surface area contributed by atoms with E-state index in [0.717, 1.165) is 31.9 Å². The zero-order valence-electron chi connectivity index (χ0n) is 14.5. The van der Waals surface area contributed by atoms with Gasteiger partial charge in [0.2, 0.25) is 0 Å². The summed E-state index contributed by atoms with van der Waals surface area (Å²) in [5.74, 6) is -0.0767. The van der Waals surface area contributed by atoms with Crippen LogP contribution < -0.4 is 15.1 Å². The van der Waals surface area contributed by atoms with Gasteiger partial charge in [-0.05, 0) is 30.3 Å². The number of carbonyl (C=O) groups excluding carboxylic acids is 1. The molecule has 1 saturated heterocycles. The minimum absolute atomic E-state index is 0.0767. The molecule has 2 aromatic rings. The average Bonchev–Trinajstić information content (AvgIpc) is 2.65. The molecule has 1 amide bonds. The number of halogens is 2. The van der Waals surface area contributed by atoms with Gasteiger partial charge in [-0.2, -0.15) is 0 Å². The molecule has 2 aromatic carbocycles. The quantitative estimate of drug-likeness (QED) is 0.586. The second-order valence-corrected chi connectivity index (χ2v) is 7.18. The maximum atomic E-state index is 12.2. The molecule has 0 atom stereocenters. The molecule has 7 nitrogen and oxygen atoms in total. The Hall–Kier alpha value is -2.35. The summed E-state index contributed by atoms with van der Waals surface area (Å²) in [5, 5.41) is 14.4. The first-order valence-electron chi connectivity index (χ1n) is 8.50. The van der Waals surface area contributed by atoms with E-state index in [1.807, 2.05) is 0 Å². The number of amides is 1. The Bertz CT molecular complexity index is 837. The summed E-state index contributed by atoms with van der Waals surface area (Å²) in [5.41, 5.74) is 1.67. The molecule has 0 bridgehead atoms. The van der Waals surface area contributed by atoms with Crippen molar-refractivity contribution in [3.05, 3.63) is 62.6 Å². The number of benzene rings is 2. The number of nitro benzene ring substituents is 1. The Labute approximate surface area is 166 Å². The Morgan fingerprint density at radius 1 is 1.11 bits per heavy atom. The van der Waals surface area contributed by atoms with E-state index in [1.165, 1.54) is 17.0 Å². The minimum atomic E-state index is -0.404. The van der Waals surface area contributed by atoms with E-state index < -0.39 is 4.92 Å². The Morgan fingerprint density at radius 3 is 2.37 bits per heavy atom. The number of anilines is 2. The fraction of sp³-hybridized carbons (Fsp3) is 0.278. The summed E-state index contributed by atoms with van der Waals surface area (Å²) >= 11 is 11.8. The van der Waals surface area contributed by atoms with Gasteiger partial charge in [0.1, 0.15) is 0 Å². The monoisotopic (exact) mass is 409 g/mol. The second-order valence-electron chi connectivity index (χ2n) is 6.36. The number of hydrogen-bond acceptors (Lipinski definition) is 4. The molecule has 142 valence electrons.